The average molecular weight is 443 g/mol. The average Bonchev–Trinajstić information content (AvgIpc) is 3.37. The summed E-state index contributed by atoms with van der Waals surface area (Å²) in [6, 6.07) is 11.5. The third-order valence-electron chi connectivity index (χ3n) is 6.63. The lowest BCUT2D eigenvalue weighted by Gasteiger charge is -2.28. The zero-order valence-electron chi connectivity index (χ0n) is 16.3. The zero-order valence-corrected chi connectivity index (χ0v) is 17.9. The SMILES string of the molecule is Cc1ccc(C(=O)[C@H]2[C@H]3C(=O)N(c4cccc(Cl)c4Cl)C(=O)[C@@H]3[C@H]3CCCN32)cc1. The Labute approximate surface area is 184 Å². The van der Waals surface area contributed by atoms with Crippen molar-refractivity contribution in [3.05, 3.63) is 63.6 Å². The molecular weight excluding hydrogens is 423 g/mol. The number of amides is 2. The molecule has 5 rings (SSSR count). The first kappa shape index (κ1) is 19.7. The van der Waals surface area contributed by atoms with E-state index in [-0.39, 0.29) is 33.7 Å². The number of carbonyl (C=O) groups excluding carboxylic acids is 3. The number of carbonyl (C=O) groups is 3. The van der Waals surface area contributed by atoms with Crippen molar-refractivity contribution in [2.24, 2.45) is 11.8 Å². The van der Waals surface area contributed by atoms with Crippen molar-refractivity contribution < 1.29 is 14.4 Å². The highest BCUT2D eigenvalue weighted by molar-refractivity contribution is 6.45. The molecule has 3 heterocycles. The highest BCUT2D eigenvalue weighted by atomic mass is 35.5. The minimum atomic E-state index is -0.702. The summed E-state index contributed by atoms with van der Waals surface area (Å²) < 4.78 is 0. The molecule has 3 aliphatic heterocycles. The fourth-order valence-corrected chi connectivity index (χ4v) is 5.69. The summed E-state index contributed by atoms with van der Waals surface area (Å²) in [6.07, 6.45) is 1.71. The van der Waals surface area contributed by atoms with Crippen LogP contribution in [-0.2, 0) is 9.59 Å². The third-order valence-corrected chi connectivity index (χ3v) is 7.44. The van der Waals surface area contributed by atoms with Crippen LogP contribution < -0.4 is 4.90 Å². The van der Waals surface area contributed by atoms with E-state index in [0.717, 1.165) is 29.8 Å². The molecule has 4 atom stereocenters. The van der Waals surface area contributed by atoms with Gasteiger partial charge in [0.2, 0.25) is 11.8 Å². The molecule has 0 unspecified atom stereocenters. The van der Waals surface area contributed by atoms with Gasteiger partial charge in [0.15, 0.2) is 5.78 Å². The number of fused-ring (bicyclic) bond motifs is 3. The predicted octanol–water partition coefficient (Wildman–Crippen LogP) is 4.14. The Balaban J connectivity index is 1.57. The fourth-order valence-electron chi connectivity index (χ4n) is 5.31. The predicted molar refractivity (Wildman–Crippen MR) is 115 cm³/mol. The largest absolute Gasteiger partial charge is 0.292 e. The molecule has 154 valence electrons. The standard InChI is InChI=1S/C23H20Cl2N2O3/c1-12-7-9-13(10-8-12)21(28)20-18-17(15-6-3-11-26(15)20)22(29)27(23(18)30)16-5-2-4-14(24)19(16)25/h2,4-5,7-10,15,17-18,20H,3,6,11H2,1H3/t15-,17-,18+,20-/m1/s1. The molecule has 0 aromatic heterocycles. The molecule has 0 saturated carbocycles. The summed E-state index contributed by atoms with van der Waals surface area (Å²) in [7, 11) is 0. The molecule has 3 aliphatic rings. The molecule has 0 radical (unpaired) electrons. The van der Waals surface area contributed by atoms with Crippen LogP contribution in [0.15, 0.2) is 42.5 Å². The molecule has 0 bridgehead atoms. The van der Waals surface area contributed by atoms with Crippen LogP contribution in [0.3, 0.4) is 0 Å². The van der Waals surface area contributed by atoms with E-state index in [4.69, 9.17) is 23.2 Å². The van der Waals surface area contributed by atoms with E-state index in [2.05, 4.69) is 4.90 Å². The van der Waals surface area contributed by atoms with Crippen molar-refractivity contribution in [3.8, 4) is 0 Å². The van der Waals surface area contributed by atoms with Crippen LogP contribution in [0.5, 0.6) is 0 Å². The van der Waals surface area contributed by atoms with Crippen LogP contribution in [0.25, 0.3) is 0 Å². The van der Waals surface area contributed by atoms with Gasteiger partial charge in [-0.15, -0.1) is 0 Å². The Bertz CT molecular complexity index is 1070. The van der Waals surface area contributed by atoms with Gasteiger partial charge in [-0.05, 0) is 38.4 Å². The number of imide groups is 1. The maximum absolute atomic E-state index is 13.5. The van der Waals surface area contributed by atoms with Gasteiger partial charge in [-0.3, -0.25) is 19.3 Å². The van der Waals surface area contributed by atoms with Gasteiger partial charge in [-0.1, -0.05) is 59.1 Å². The lowest BCUT2D eigenvalue weighted by molar-refractivity contribution is -0.123. The van der Waals surface area contributed by atoms with E-state index in [1.54, 1.807) is 30.3 Å². The van der Waals surface area contributed by atoms with Crippen LogP contribution in [0.4, 0.5) is 5.69 Å². The maximum atomic E-state index is 13.5. The summed E-state index contributed by atoms with van der Waals surface area (Å²) in [4.78, 5) is 43.6. The van der Waals surface area contributed by atoms with Crippen LogP contribution in [-0.4, -0.2) is 41.1 Å². The lowest BCUT2D eigenvalue weighted by atomic mass is 9.85. The number of Topliss-reactive ketones (excluding diaryl/α,β-unsaturated/α-hetero) is 1. The van der Waals surface area contributed by atoms with Crippen molar-refractivity contribution in [1.82, 2.24) is 4.90 Å². The van der Waals surface area contributed by atoms with Crippen molar-refractivity contribution in [1.29, 1.82) is 0 Å². The quantitative estimate of drug-likeness (QED) is 0.529. The molecule has 2 aromatic rings. The number of aryl methyl sites for hydroxylation is 1. The maximum Gasteiger partial charge on any atom is 0.239 e. The third kappa shape index (κ3) is 2.76. The highest BCUT2D eigenvalue weighted by Crippen LogP contribution is 2.49. The van der Waals surface area contributed by atoms with Gasteiger partial charge in [0.05, 0.1) is 33.6 Å². The summed E-state index contributed by atoms with van der Waals surface area (Å²) in [5.41, 5.74) is 1.92. The van der Waals surface area contributed by atoms with Gasteiger partial charge in [0.25, 0.3) is 0 Å². The Morgan fingerprint density at radius 1 is 1.00 bits per heavy atom. The van der Waals surface area contributed by atoms with E-state index in [1.165, 1.54) is 0 Å². The first-order valence-corrected chi connectivity index (χ1v) is 10.8. The molecule has 2 amide bonds. The van der Waals surface area contributed by atoms with E-state index < -0.39 is 17.9 Å². The van der Waals surface area contributed by atoms with E-state index in [9.17, 15) is 14.4 Å². The molecule has 5 nitrogen and oxygen atoms in total. The van der Waals surface area contributed by atoms with E-state index in [0.29, 0.717) is 11.3 Å². The van der Waals surface area contributed by atoms with Gasteiger partial charge in [0.1, 0.15) is 0 Å². The minimum absolute atomic E-state index is 0.102. The van der Waals surface area contributed by atoms with Crippen molar-refractivity contribution in [3.63, 3.8) is 0 Å². The smallest absolute Gasteiger partial charge is 0.239 e. The highest BCUT2D eigenvalue weighted by Gasteiger charge is 2.64. The van der Waals surface area contributed by atoms with Crippen molar-refractivity contribution in [2.45, 2.75) is 31.8 Å². The minimum Gasteiger partial charge on any atom is -0.292 e. The van der Waals surface area contributed by atoms with Gasteiger partial charge < -0.3 is 0 Å². The molecule has 3 saturated heterocycles. The summed E-state index contributed by atoms with van der Waals surface area (Å²) in [5.74, 6) is -1.99. The van der Waals surface area contributed by atoms with Crippen LogP contribution in [0.2, 0.25) is 10.0 Å². The Hall–Kier alpha value is -2.21. The Kier molecular flexibility index (Phi) is 4.73. The van der Waals surface area contributed by atoms with E-state index >= 15 is 0 Å². The summed E-state index contributed by atoms with van der Waals surface area (Å²) >= 11 is 12.5. The van der Waals surface area contributed by atoms with Crippen molar-refractivity contribution in [2.75, 3.05) is 11.4 Å². The molecule has 0 aliphatic carbocycles. The summed E-state index contributed by atoms with van der Waals surface area (Å²) in [5, 5.41) is 0.451. The van der Waals surface area contributed by atoms with Crippen LogP contribution in [0.1, 0.15) is 28.8 Å². The second-order valence-electron chi connectivity index (χ2n) is 8.26. The van der Waals surface area contributed by atoms with Crippen molar-refractivity contribution >= 4 is 46.5 Å². The first-order valence-electron chi connectivity index (χ1n) is 10.1. The number of ketones is 1. The van der Waals surface area contributed by atoms with Crippen LogP contribution in [0, 0.1) is 18.8 Å². The Morgan fingerprint density at radius 2 is 1.70 bits per heavy atom. The van der Waals surface area contributed by atoms with Gasteiger partial charge in [0, 0.05) is 11.6 Å². The summed E-state index contributed by atoms with van der Waals surface area (Å²) in [6.45, 7) is 2.68. The number of benzene rings is 2. The van der Waals surface area contributed by atoms with Gasteiger partial charge in [-0.25, -0.2) is 4.90 Å². The molecule has 0 N–H and O–H groups in total. The molecular formula is C23H20Cl2N2O3. The molecule has 2 aromatic carbocycles. The number of hydrogen-bond donors (Lipinski definition) is 0. The first-order chi connectivity index (χ1) is 14.4. The molecule has 0 spiro atoms. The van der Waals surface area contributed by atoms with Gasteiger partial charge >= 0.3 is 0 Å². The number of anilines is 1. The number of rotatable bonds is 3. The second-order valence-corrected chi connectivity index (χ2v) is 9.04. The Morgan fingerprint density at radius 3 is 2.43 bits per heavy atom. The number of halogens is 2. The lowest BCUT2D eigenvalue weighted by Crippen LogP contribution is -2.46. The zero-order chi connectivity index (χ0) is 21.2. The van der Waals surface area contributed by atoms with Crippen LogP contribution >= 0.6 is 23.2 Å². The van der Waals surface area contributed by atoms with E-state index in [1.807, 2.05) is 19.1 Å². The molecule has 30 heavy (non-hydrogen) atoms. The molecule has 7 heteroatoms. The second kappa shape index (κ2) is 7.19. The topological polar surface area (TPSA) is 57.7 Å². The van der Waals surface area contributed by atoms with Gasteiger partial charge in [-0.2, -0.15) is 0 Å². The fraction of sp³-hybridized carbons (Fsp3) is 0.348. The number of hydrogen-bond acceptors (Lipinski definition) is 4. The molecule has 3 fully saturated rings. The number of nitrogens with zero attached hydrogens (tertiary/aromatic N) is 2. The monoisotopic (exact) mass is 442 g/mol. The normalized spacial score (nSPS) is 28.2.